The lowest BCUT2D eigenvalue weighted by Crippen LogP contribution is -2.13. The lowest BCUT2D eigenvalue weighted by atomic mass is 10.2. The fourth-order valence-corrected chi connectivity index (χ4v) is 1.91. The number of aliphatic hydroxyl groups is 1. The summed E-state index contributed by atoms with van der Waals surface area (Å²) in [6, 6.07) is 0. The third-order valence-electron chi connectivity index (χ3n) is 2.69. The second-order valence-electron chi connectivity index (χ2n) is 3.58. The first-order valence-electron chi connectivity index (χ1n) is 5.12. The van der Waals surface area contributed by atoms with Gasteiger partial charge in [-0.25, -0.2) is 4.98 Å². The largest absolute Gasteiger partial charge is 0.394 e. The molecule has 0 amide bonds. The molecule has 78 valence electrons. The van der Waals surface area contributed by atoms with Crippen LogP contribution in [0.5, 0.6) is 0 Å². The Balaban J connectivity index is 2.09. The molecule has 2 heterocycles. The molecule has 0 bridgehead atoms. The van der Waals surface area contributed by atoms with Crippen LogP contribution in [0.25, 0.3) is 0 Å². The van der Waals surface area contributed by atoms with Gasteiger partial charge in [-0.3, -0.25) is 0 Å². The molecule has 2 unspecified atom stereocenters. The van der Waals surface area contributed by atoms with Crippen molar-refractivity contribution in [2.24, 2.45) is 0 Å². The summed E-state index contributed by atoms with van der Waals surface area (Å²) in [4.78, 5) is 4.29. The molecule has 1 saturated heterocycles. The van der Waals surface area contributed by atoms with Gasteiger partial charge in [-0.2, -0.15) is 0 Å². The standard InChI is InChI=1S/C10H16N2O2/c1-2-12-6-5-11-10(12)9-4-3-8(7-13)14-9/h5-6,8-9,13H,2-4,7H2,1H3. The lowest BCUT2D eigenvalue weighted by Gasteiger charge is -2.12. The van der Waals surface area contributed by atoms with E-state index in [-0.39, 0.29) is 18.8 Å². The van der Waals surface area contributed by atoms with Crippen molar-refractivity contribution in [3.8, 4) is 0 Å². The second kappa shape index (κ2) is 4.11. The summed E-state index contributed by atoms with van der Waals surface area (Å²) in [7, 11) is 0. The topological polar surface area (TPSA) is 47.3 Å². The predicted octanol–water partition coefficient (Wildman–Crippen LogP) is 1.12. The zero-order valence-corrected chi connectivity index (χ0v) is 8.39. The molecule has 0 aliphatic carbocycles. The maximum absolute atomic E-state index is 8.96. The van der Waals surface area contributed by atoms with Crippen molar-refractivity contribution < 1.29 is 9.84 Å². The minimum Gasteiger partial charge on any atom is -0.394 e. The highest BCUT2D eigenvalue weighted by Gasteiger charge is 2.28. The number of hydrogen-bond acceptors (Lipinski definition) is 3. The maximum Gasteiger partial charge on any atom is 0.137 e. The van der Waals surface area contributed by atoms with Crippen LogP contribution in [-0.2, 0) is 11.3 Å². The van der Waals surface area contributed by atoms with Crippen LogP contribution in [0, 0.1) is 0 Å². The summed E-state index contributed by atoms with van der Waals surface area (Å²) in [5.41, 5.74) is 0. The first kappa shape index (κ1) is 9.68. The molecule has 4 nitrogen and oxygen atoms in total. The van der Waals surface area contributed by atoms with Crippen LogP contribution in [0.2, 0.25) is 0 Å². The van der Waals surface area contributed by atoms with Crippen LogP contribution >= 0.6 is 0 Å². The molecule has 1 fully saturated rings. The highest BCUT2D eigenvalue weighted by molar-refractivity contribution is 4.99. The Hall–Kier alpha value is -0.870. The molecule has 1 aromatic heterocycles. The van der Waals surface area contributed by atoms with Gasteiger partial charge in [0, 0.05) is 18.9 Å². The molecule has 1 N–H and O–H groups in total. The normalized spacial score (nSPS) is 27.0. The third kappa shape index (κ3) is 1.67. The van der Waals surface area contributed by atoms with Crippen molar-refractivity contribution in [2.45, 2.75) is 38.5 Å². The van der Waals surface area contributed by atoms with Crippen LogP contribution in [0.3, 0.4) is 0 Å². The van der Waals surface area contributed by atoms with E-state index in [1.54, 1.807) is 6.20 Å². The van der Waals surface area contributed by atoms with Crippen molar-refractivity contribution in [1.29, 1.82) is 0 Å². The van der Waals surface area contributed by atoms with Gasteiger partial charge in [0.25, 0.3) is 0 Å². The molecule has 4 heteroatoms. The van der Waals surface area contributed by atoms with Gasteiger partial charge in [-0.05, 0) is 19.8 Å². The Bertz CT molecular complexity index is 298. The van der Waals surface area contributed by atoms with Crippen molar-refractivity contribution in [1.82, 2.24) is 9.55 Å². The number of imidazole rings is 1. The average molecular weight is 196 g/mol. The van der Waals surface area contributed by atoms with E-state index in [1.165, 1.54) is 0 Å². The maximum atomic E-state index is 8.96. The molecule has 1 aliphatic heterocycles. The molecule has 0 radical (unpaired) electrons. The van der Waals surface area contributed by atoms with Crippen LogP contribution < -0.4 is 0 Å². The molecule has 0 saturated carbocycles. The number of ether oxygens (including phenoxy) is 1. The van der Waals surface area contributed by atoms with Crippen LogP contribution in [0.4, 0.5) is 0 Å². The Morgan fingerprint density at radius 1 is 1.64 bits per heavy atom. The fourth-order valence-electron chi connectivity index (χ4n) is 1.91. The van der Waals surface area contributed by atoms with Gasteiger partial charge in [0.05, 0.1) is 12.7 Å². The van der Waals surface area contributed by atoms with Gasteiger partial charge in [-0.1, -0.05) is 0 Å². The Morgan fingerprint density at radius 3 is 3.14 bits per heavy atom. The fraction of sp³-hybridized carbons (Fsp3) is 0.700. The zero-order valence-electron chi connectivity index (χ0n) is 8.39. The Morgan fingerprint density at radius 2 is 2.50 bits per heavy atom. The van der Waals surface area contributed by atoms with Gasteiger partial charge in [-0.15, -0.1) is 0 Å². The predicted molar refractivity (Wildman–Crippen MR) is 51.8 cm³/mol. The zero-order chi connectivity index (χ0) is 9.97. The lowest BCUT2D eigenvalue weighted by molar-refractivity contribution is 0.00599. The minimum atomic E-state index is 0.00186. The number of aliphatic hydroxyl groups excluding tert-OH is 1. The minimum absolute atomic E-state index is 0.00186. The summed E-state index contributed by atoms with van der Waals surface area (Å²) in [5.74, 6) is 0.989. The average Bonchev–Trinajstić information content (AvgIpc) is 2.85. The molecule has 0 spiro atoms. The van der Waals surface area contributed by atoms with Gasteiger partial charge in [0.2, 0.25) is 0 Å². The third-order valence-corrected chi connectivity index (χ3v) is 2.69. The van der Waals surface area contributed by atoms with Crippen LogP contribution in [-0.4, -0.2) is 27.4 Å². The molecular formula is C10H16N2O2. The summed E-state index contributed by atoms with van der Waals surface area (Å²) in [5, 5.41) is 8.96. The molecule has 0 aromatic carbocycles. The summed E-state index contributed by atoms with van der Waals surface area (Å²) >= 11 is 0. The summed E-state index contributed by atoms with van der Waals surface area (Å²) in [6.45, 7) is 3.12. The van der Waals surface area contributed by atoms with Crippen molar-refractivity contribution >= 4 is 0 Å². The van der Waals surface area contributed by atoms with Crippen LogP contribution in [0.1, 0.15) is 31.7 Å². The first-order valence-corrected chi connectivity index (χ1v) is 5.12. The molecule has 14 heavy (non-hydrogen) atoms. The first-order chi connectivity index (χ1) is 6.85. The van der Waals surface area contributed by atoms with Crippen molar-refractivity contribution in [2.75, 3.05) is 6.61 Å². The monoisotopic (exact) mass is 196 g/mol. The van der Waals surface area contributed by atoms with E-state index < -0.39 is 0 Å². The highest BCUT2D eigenvalue weighted by atomic mass is 16.5. The van der Waals surface area contributed by atoms with E-state index in [1.807, 2.05) is 6.20 Å². The Kier molecular flexibility index (Phi) is 2.84. The van der Waals surface area contributed by atoms with Crippen molar-refractivity contribution in [3.63, 3.8) is 0 Å². The van der Waals surface area contributed by atoms with E-state index in [4.69, 9.17) is 9.84 Å². The Labute approximate surface area is 83.5 Å². The quantitative estimate of drug-likeness (QED) is 0.788. The van der Waals surface area contributed by atoms with Crippen molar-refractivity contribution in [3.05, 3.63) is 18.2 Å². The van der Waals surface area contributed by atoms with Gasteiger partial charge >= 0.3 is 0 Å². The van der Waals surface area contributed by atoms with Gasteiger partial charge < -0.3 is 14.4 Å². The van der Waals surface area contributed by atoms with E-state index in [0.717, 1.165) is 25.2 Å². The van der Waals surface area contributed by atoms with E-state index in [0.29, 0.717) is 0 Å². The highest BCUT2D eigenvalue weighted by Crippen LogP contribution is 2.31. The van der Waals surface area contributed by atoms with E-state index in [9.17, 15) is 0 Å². The van der Waals surface area contributed by atoms with Gasteiger partial charge in [0.1, 0.15) is 11.9 Å². The number of nitrogens with zero attached hydrogens (tertiary/aromatic N) is 2. The summed E-state index contributed by atoms with van der Waals surface area (Å²) in [6.07, 6.45) is 5.73. The SMILES string of the molecule is CCn1ccnc1C1CCC(CO)O1. The number of aromatic nitrogens is 2. The summed E-state index contributed by atoms with van der Waals surface area (Å²) < 4.78 is 7.75. The molecule has 1 aromatic rings. The van der Waals surface area contributed by atoms with Crippen LogP contribution in [0.15, 0.2) is 12.4 Å². The smallest absolute Gasteiger partial charge is 0.137 e. The molecule has 2 rings (SSSR count). The number of rotatable bonds is 3. The molecular weight excluding hydrogens is 180 g/mol. The number of hydrogen-bond donors (Lipinski definition) is 1. The molecule has 1 aliphatic rings. The van der Waals surface area contributed by atoms with E-state index in [2.05, 4.69) is 16.5 Å². The van der Waals surface area contributed by atoms with Gasteiger partial charge in [0.15, 0.2) is 0 Å². The number of aryl methyl sites for hydroxylation is 1. The van der Waals surface area contributed by atoms with E-state index >= 15 is 0 Å². The second-order valence-corrected chi connectivity index (χ2v) is 3.58. The molecule has 2 atom stereocenters.